The predicted octanol–water partition coefficient (Wildman–Crippen LogP) is 28.2. The minimum absolute atomic E-state index is 1.05. The van der Waals surface area contributed by atoms with Crippen LogP contribution in [0.5, 0.6) is 0 Å². The Morgan fingerprint density at radius 2 is 0.314 bits per heavy atom. The molecule has 0 spiro atoms. The first kappa shape index (κ1) is 61.0. The molecule has 0 bridgehead atoms. The summed E-state index contributed by atoms with van der Waals surface area (Å²) in [6.45, 7) is 0. The van der Waals surface area contributed by atoms with Gasteiger partial charge in [-0.05, 0) is 242 Å². The molecule has 18 aromatic carbocycles. The fourth-order valence-electron chi connectivity index (χ4n) is 15.1. The molecule has 0 amide bonds. The Kier molecular flexibility index (Phi) is 16.0. The van der Waals surface area contributed by atoms with E-state index in [0.717, 1.165) is 123 Å². The highest BCUT2D eigenvalue weighted by atomic mass is 15.2. The molecule has 18 aromatic rings. The first-order valence-corrected chi connectivity index (χ1v) is 35.1. The average molecular weight is 1300 g/mol. The number of hydrogen-bond donors (Lipinski definition) is 0. The first-order chi connectivity index (χ1) is 50.5. The van der Waals surface area contributed by atoms with Gasteiger partial charge in [-0.3, -0.25) is 0 Å². The number of benzene rings is 18. The van der Waals surface area contributed by atoms with Crippen molar-refractivity contribution < 1.29 is 0 Å². The molecule has 0 heterocycles. The lowest BCUT2D eigenvalue weighted by molar-refractivity contribution is 1.30. The summed E-state index contributed by atoms with van der Waals surface area (Å²) in [7, 11) is 0. The third-order valence-corrected chi connectivity index (χ3v) is 20.1. The number of hydrogen-bond acceptors (Lipinski definition) is 2. The molecule has 0 fully saturated rings. The highest BCUT2D eigenvalue weighted by molar-refractivity contribution is 6.28. The summed E-state index contributed by atoms with van der Waals surface area (Å²) in [4.78, 5) is 5.01. The largest absolute Gasteiger partial charge is 0.310 e. The van der Waals surface area contributed by atoms with E-state index in [1.165, 1.54) is 54.9 Å². The van der Waals surface area contributed by atoms with E-state index in [4.69, 9.17) is 0 Å². The van der Waals surface area contributed by atoms with Gasteiger partial charge < -0.3 is 9.80 Å². The number of anilines is 6. The van der Waals surface area contributed by atoms with E-state index in [-0.39, 0.29) is 0 Å². The topological polar surface area (TPSA) is 6.48 Å². The van der Waals surface area contributed by atoms with Gasteiger partial charge in [0.25, 0.3) is 0 Å². The highest BCUT2D eigenvalue weighted by Gasteiger charge is 2.25. The van der Waals surface area contributed by atoms with Crippen molar-refractivity contribution in [1.29, 1.82) is 0 Å². The molecule has 2 heteroatoms. The van der Waals surface area contributed by atoms with Crippen molar-refractivity contribution in [3.8, 4) is 111 Å². The minimum atomic E-state index is 1.05. The summed E-state index contributed by atoms with van der Waals surface area (Å²) in [6.07, 6.45) is 0. The molecule has 18 rings (SSSR count). The lowest BCUT2D eigenvalue weighted by Crippen LogP contribution is -2.12. The molecule has 0 aromatic heterocycles. The molecule has 0 radical (unpaired) electrons. The number of rotatable bonds is 16. The van der Waals surface area contributed by atoms with Gasteiger partial charge in [0.05, 0.1) is 11.4 Å². The second-order valence-corrected chi connectivity index (χ2v) is 26.4. The van der Waals surface area contributed by atoms with Crippen LogP contribution < -0.4 is 9.80 Å². The third-order valence-electron chi connectivity index (χ3n) is 20.1. The molecule has 0 saturated carbocycles. The molecule has 0 atom stereocenters. The maximum atomic E-state index is 2.50. The van der Waals surface area contributed by atoms with E-state index in [1.807, 2.05) is 0 Å². The Hall–Kier alpha value is -13.4. The lowest BCUT2D eigenvalue weighted by Gasteiger charge is -2.30. The maximum Gasteiger partial charge on any atom is 0.0540 e. The van der Waals surface area contributed by atoms with Crippen molar-refractivity contribution >= 4 is 66.4 Å². The van der Waals surface area contributed by atoms with Gasteiger partial charge in [0.1, 0.15) is 0 Å². The Morgan fingerprint density at radius 1 is 0.127 bits per heavy atom. The monoisotopic (exact) mass is 1300 g/mol. The number of nitrogens with zero attached hydrogens (tertiary/aromatic N) is 2. The Labute approximate surface area is 596 Å². The summed E-state index contributed by atoms with van der Waals surface area (Å²) in [5.74, 6) is 0. The minimum Gasteiger partial charge on any atom is -0.310 e. The summed E-state index contributed by atoms with van der Waals surface area (Å²) in [5, 5.41) is 7.07. The normalized spacial score (nSPS) is 11.3. The fraction of sp³-hybridized carbons (Fsp3) is 0. The van der Waals surface area contributed by atoms with Crippen LogP contribution in [-0.2, 0) is 0 Å². The van der Waals surface area contributed by atoms with E-state index in [9.17, 15) is 0 Å². The highest BCUT2D eigenvalue weighted by Crippen LogP contribution is 2.51. The molecule has 0 saturated heterocycles. The Morgan fingerprint density at radius 3 is 0.559 bits per heavy atom. The van der Waals surface area contributed by atoms with Crippen molar-refractivity contribution in [3.63, 3.8) is 0 Å². The van der Waals surface area contributed by atoms with Crippen molar-refractivity contribution in [2.75, 3.05) is 9.80 Å². The molecule has 0 aliphatic carbocycles. The second-order valence-electron chi connectivity index (χ2n) is 26.4. The molecular formula is C100H68N2. The SMILES string of the molecule is c1ccc(-c2ccc(N(c3cc(-c4ccccc4)cc(-c4cc(-c5ccccc5)cc(-c5ccccc5)c4)c3)c3ccc4ccc5c(N(c6ccc(-c7ccccc7)cc6)c6cc(-c7ccccc7)cc(-c7cc(-c8ccccc8)cc(-c8ccccc8)c7)c6)ccc6ccc3c4c65)cc2)cc1. The van der Waals surface area contributed by atoms with Gasteiger partial charge in [0.2, 0.25) is 0 Å². The standard InChI is InChI=1S/C100H68N2/c1-9-25-69(26-10-1)77-41-49-91(50-42-77)101(93-65-87(75-37-21-7-22-38-75)63-89(67-93)85-59-81(71-29-13-3-14-30-71)57-82(60-85)72-31-15-4-16-32-72)97-55-47-79-46-54-96-98(56-48-80-45-53-95(97)99(79)100(80)96)102(92-51-43-78(44-52-92)70-27-11-2-12-28-70)94-66-88(76-39-23-8-24-40-76)64-90(68-94)86-61-83(73-33-17-5-18-34-73)58-84(62-86)74-35-19-6-20-36-74/h1-68H. The van der Waals surface area contributed by atoms with Crippen LogP contribution in [0.15, 0.2) is 413 Å². The van der Waals surface area contributed by atoms with E-state index in [1.54, 1.807) is 0 Å². The zero-order valence-electron chi connectivity index (χ0n) is 56.2. The van der Waals surface area contributed by atoms with Gasteiger partial charge in [-0.25, -0.2) is 0 Å². The van der Waals surface area contributed by atoms with Crippen molar-refractivity contribution in [3.05, 3.63) is 413 Å². The lowest BCUT2D eigenvalue weighted by atomic mass is 9.90. The summed E-state index contributed by atoms with van der Waals surface area (Å²) >= 11 is 0. The smallest absolute Gasteiger partial charge is 0.0540 e. The second kappa shape index (κ2) is 26.8. The molecule has 0 N–H and O–H groups in total. The van der Waals surface area contributed by atoms with E-state index < -0.39 is 0 Å². The van der Waals surface area contributed by atoms with Gasteiger partial charge in [-0.1, -0.05) is 303 Å². The van der Waals surface area contributed by atoms with Crippen molar-refractivity contribution in [1.82, 2.24) is 0 Å². The van der Waals surface area contributed by atoms with Gasteiger partial charge in [-0.2, -0.15) is 0 Å². The zero-order chi connectivity index (χ0) is 67.7. The quantitative estimate of drug-likeness (QED) is 0.0890. The van der Waals surface area contributed by atoms with Crippen LogP contribution in [-0.4, -0.2) is 0 Å². The van der Waals surface area contributed by atoms with Crippen LogP contribution in [0.2, 0.25) is 0 Å². The third kappa shape index (κ3) is 11.9. The Balaban J connectivity index is 0.863. The van der Waals surface area contributed by atoms with Gasteiger partial charge >= 0.3 is 0 Å². The van der Waals surface area contributed by atoms with Crippen LogP contribution in [0.3, 0.4) is 0 Å². The van der Waals surface area contributed by atoms with Gasteiger partial charge in [-0.15, -0.1) is 0 Å². The Bertz CT molecular complexity index is 5500. The molecular weight excluding hydrogens is 1230 g/mol. The summed E-state index contributed by atoms with van der Waals surface area (Å²) < 4.78 is 0. The van der Waals surface area contributed by atoms with Gasteiger partial charge in [0, 0.05) is 33.5 Å². The van der Waals surface area contributed by atoms with Crippen LogP contribution in [0.1, 0.15) is 0 Å². The van der Waals surface area contributed by atoms with Crippen LogP contribution >= 0.6 is 0 Å². The molecule has 102 heavy (non-hydrogen) atoms. The van der Waals surface area contributed by atoms with Crippen molar-refractivity contribution in [2.45, 2.75) is 0 Å². The molecule has 0 unspecified atom stereocenters. The fourth-order valence-corrected chi connectivity index (χ4v) is 15.1. The van der Waals surface area contributed by atoms with Crippen LogP contribution in [0.25, 0.3) is 144 Å². The summed E-state index contributed by atoms with van der Waals surface area (Å²) in [6, 6.07) is 152. The molecule has 0 aliphatic rings. The van der Waals surface area contributed by atoms with Crippen molar-refractivity contribution in [2.24, 2.45) is 0 Å². The molecule has 478 valence electrons. The van der Waals surface area contributed by atoms with Gasteiger partial charge in [0.15, 0.2) is 0 Å². The average Bonchev–Trinajstić information content (AvgIpc) is 0.719. The molecule has 0 aliphatic heterocycles. The van der Waals surface area contributed by atoms with E-state index in [2.05, 4.69) is 422 Å². The van der Waals surface area contributed by atoms with Crippen LogP contribution in [0, 0.1) is 0 Å². The first-order valence-electron chi connectivity index (χ1n) is 35.1. The summed E-state index contributed by atoms with van der Waals surface area (Å²) in [5.41, 5.74) is 29.4. The van der Waals surface area contributed by atoms with E-state index >= 15 is 0 Å². The van der Waals surface area contributed by atoms with E-state index in [0.29, 0.717) is 0 Å². The predicted molar refractivity (Wildman–Crippen MR) is 434 cm³/mol. The molecule has 2 nitrogen and oxygen atoms in total. The maximum absolute atomic E-state index is 2.50. The zero-order valence-corrected chi connectivity index (χ0v) is 56.2. The van der Waals surface area contributed by atoms with Crippen LogP contribution in [0.4, 0.5) is 34.1 Å².